The summed E-state index contributed by atoms with van der Waals surface area (Å²) in [5.74, 6) is 0. The van der Waals surface area contributed by atoms with Crippen molar-refractivity contribution in [3.63, 3.8) is 0 Å². The fourth-order valence-electron chi connectivity index (χ4n) is 0.204. The number of halogens is 9. The monoisotopic (exact) mass is 269 g/mol. The molecule has 0 heterocycles. The van der Waals surface area contributed by atoms with Crippen molar-refractivity contribution in [3.8, 4) is 0 Å². The maximum Gasteiger partial charge on any atom is 0.497 e. The van der Waals surface area contributed by atoms with Crippen LogP contribution in [-0.4, -0.2) is 22.4 Å². The van der Waals surface area contributed by atoms with E-state index in [9.17, 15) is 30.7 Å². The van der Waals surface area contributed by atoms with Crippen molar-refractivity contribution in [2.45, 2.75) is 17.8 Å². The van der Waals surface area contributed by atoms with Crippen LogP contribution in [0.25, 0.3) is 0 Å². The Morgan fingerprint density at radius 3 is 1.50 bits per heavy atom. The lowest BCUT2D eigenvalue weighted by molar-refractivity contribution is -0.409. The summed E-state index contributed by atoms with van der Waals surface area (Å²) >= 11 is 8.08. The zero-order valence-corrected chi connectivity index (χ0v) is 7.27. The molecule has 14 heavy (non-hydrogen) atoms. The first kappa shape index (κ1) is 14.0. The van der Waals surface area contributed by atoms with Crippen LogP contribution in [0.5, 0.6) is 0 Å². The van der Waals surface area contributed by atoms with Gasteiger partial charge in [-0.05, 0) is 11.6 Å². The van der Waals surface area contributed by atoms with Crippen LogP contribution in [0.1, 0.15) is 0 Å². The summed E-state index contributed by atoms with van der Waals surface area (Å²) in [6.07, 6.45) is -11.4. The lowest BCUT2D eigenvalue weighted by Gasteiger charge is -2.25. The van der Waals surface area contributed by atoms with E-state index in [2.05, 4.69) is 28.2 Å². The Kier molecular flexibility index (Phi) is 3.88. The van der Waals surface area contributed by atoms with Crippen molar-refractivity contribution in [1.29, 1.82) is 0 Å². The van der Waals surface area contributed by atoms with Crippen molar-refractivity contribution < 1.29 is 35.6 Å². The zero-order valence-electron chi connectivity index (χ0n) is 5.76. The molecule has 0 aliphatic heterocycles. The molecule has 0 amide bonds. The first-order valence-electron chi connectivity index (χ1n) is 2.54. The maximum absolute atomic E-state index is 12.2. The second-order valence-electron chi connectivity index (χ2n) is 1.82. The van der Waals surface area contributed by atoms with Crippen LogP contribution in [0.4, 0.5) is 30.7 Å². The van der Waals surface area contributed by atoms with Gasteiger partial charge in [0.05, 0.1) is 0 Å². The van der Waals surface area contributed by atoms with Gasteiger partial charge in [-0.2, -0.15) is 30.7 Å². The first-order chi connectivity index (χ1) is 5.88. The molecule has 0 aromatic heterocycles. The quantitative estimate of drug-likeness (QED) is 0.251. The second-order valence-corrected chi connectivity index (χ2v) is 2.61. The molecule has 0 spiro atoms. The average molecular weight is 270 g/mol. The van der Waals surface area contributed by atoms with E-state index >= 15 is 0 Å². The normalized spacial score (nSPS) is 18.4. The van der Waals surface area contributed by atoms with Gasteiger partial charge in [-0.25, -0.2) is 4.84 Å². The largest absolute Gasteiger partial charge is 0.497 e. The highest BCUT2D eigenvalue weighted by atomic mass is 35.5. The number of rotatable bonds is 2. The van der Waals surface area contributed by atoms with Crippen LogP contribution in [0.2, 0.25) is 0 Å². The van der Waals surface area contributed by atoms with Crippen LogP contribution in [-0.2, 0) is 4.84 Å². The molecular weight excluding hydrogens is 270 g/mol. The third-order valence-electron chi connectivity index (χ3n) is 0.724. The highest BCUT2D eigenvalue weighted by molar-refractivity contribution is 6.22. The third-order valence-corrected chi connectivity index (χ3v) is 1.27. The van der Waals surface area contributed by atoms with Gasteiger partial charge in [-0.15, -0.1) is 0 Å². The van der Waals surface area contributed by atoms with Gasteiger partial charge >= 0.3 is 17.8 Å². The van der Waals surface area contributed by atoms with Crippen molar-refractivity contribution in [1.82, 2.24) is 4.58 Å². The van der Waals surface area contributed by atoms with E-state index in [1.807, 2.05) is 0 Å². The molecule has 0 aliphatic carbocycles. The Bertz CT molecular complexity index is 200. The van der Waals surface area contributed by atoms with Gasteiger partial charge in [0, 0.05) is 16.4 Å². The highest BCUT2D eigenvalue weighted by Gasteiger charge is 2.60. The predicted molar refractivity (Wildman–Crippen MR) is 30.6 cm³/mol. The van der Waals surface area contributed by atoms with E-state index in [0.29, 0.717) is 0 Å². The van der Waals surface area contributed by atoms with Crippen LogP contribution in [0.15, 0.2) is 0 Å². The van der Waals surface area contributed by atoms with E-state index < -0.39 is 22.4 Å². The minimum atomic E-state index is -5.85. The van der Waals surface area contributed by atoms with Crippen molar-refractivity contribution >= 4 is 23.4 Å². The Labute approximate surface area is 82.2 Å². The van der Waals surface area contributed by atoms with Crippen molar-refractivity contribution in [2.75, 3.05) is 0 Å². The Morgan fingerprint density at radius 1 is 0.929 bits per heavy atom. The summed E-state index contributed by atoms with van der Waals surface area (Å²) in [5, 5.41) is -5.04. The summed E-state index contributed by atoms with van der Waals surface area (Å²) in [6, 6.07) is 0. The van der Waals surface area contributed by atoms with E-state index in [4.69, 9.17) is 0 Å². The molecule has 0 aromatic carbocycles. The zero-order chi connectivity index (χ0) is 11.8. The van der Waals surface area contributed by atoms with E-state index in [1.54, 1.807) is 0 Å². The SMILES string of the molecule is FC(F)(F)N(Cl)OC(F)(Cl)C(F)(F)F. The summed E-state index contributed by atoms with van der Waals surface area (Å²) in [4.78, 5) is 2.61. The summed E-state index contributed by atoms with van der Waals surface area (Å²) in [7, 11) is 0. The molecule has 0 aliphatic rings. The van der Waals surface area contributed by atoms with Gasteiger partial charge in [-0.1, -0.05) is 0 Å². The number of hydroxylamine groups is 1. The number of alkyl halides is 8. The molecule has 0 N–H and O–H groups in total. The van der Waals surface area contributed by atoms with E-state index in [0.717, 1.165) is 0 Å². The predicted octanol–water partition coefficient (Wildman–Crippen LogP) is 3.32. The fourth-order valence-corrected chi connectivity index (χ4v) is 0.404. The van der Waals surface area contributed by atoms with Crippen molar-refractivity contribution in [3.05, 3.63) is 0 Å². The van der Waals surface area contributed by atoms with Gasteiger partial charge in [0.15, 0.2) is 0 Å². The van der Waals surface area contributed by atoms with Gasteiger partial charge in [0.1, 0.15) is 0 Å². The lowest BCUT2D eigenvalue weighted by atomic mass is 10.7. The van der Waals surface area contributed by atoms with E-state index in [-0.39, 0.29) is 0 Å². The lowest BCUT2D eigenvalue weighted by Crippen LogP contribution is -2.45. The summed E-state index contributed by atoms with van der Waals surface area (Å²) < 4.78 is 79.2. The molecule has 2 nitrogen and oxygen atoms in total. The van der Waals surface area contributed by atoms with Crippen LogP contribution >= 0.6 is 23.4 Å². The van der Waals surface area contributed by atoms with Gasteiger partial charge in [-0.3, -0.25) is 0 Å². The number of hydrogen-bond acceptors (Lipinski definition) is 2. The maximum atomic E-state index is 12.2. The molecule has 11 heteroatoms. The molecule has 0 aromatic rings. The Hall–Kier alpha value is 0.01000. The highest BCUT2D eigenvalue weighted by Crippen LogP contribution is 2.41. The van der Waals surface area contributed by atoms with Crippen LogP contribution in [0, 0.1) is 0 Å². The molecule has 0 fully saturated rings. The van der Waals surface area contributed by atoms with Crippen LogP contribution in [0.3, 0.4) is 0 Å². The smallest absolute Gasteiger partial charge is 0.212 e. The number of nitrogens with zero attached hydrogens (tertiary/aromatic N) is 1. The topological polar surface area (TPSA) is 12.5 Å². The fraction of sp³-hybridized carbons (Fsp3) is 1.00. The molecule has 86 valence electrons. The van der Waals surface area contributed by atoms with Gasteiger partial charge in [0.2, 0.25) is 0 Å². The van der Waals surface area contributed by atoms with Crippen LogP contribution < -0.4 is 0 Å². The molecule has 1 unspecified atom stereocenters. The van der Waals surface area contributed by atoms with E-state index in [1.165, 1.54) is 0 Å². The first-order valence-corrected chi connectivity index (χ1v) is 3.26. The average Bonchev–Trinajstić information content (AvgIpc) is 1.80. The Balaban J connectivity index is 4.53. The molecule has 1 atom stereocenters. The standard InChI is InChI=1S/C3Cl2F7NO/c4-1(6,2(7,8)9)14-13(5)3(10,11)12. The molecule has 0 saturated heterocycles. The Morgan fingerprint density at radius 2 is 1.29 bits per heavy atom. The summed E-state index contributed by atoms with van der Waals surface area (Å²) in [6.45, 7) is 0. The molecule has 0 rings (SSSR count). The molecule has 0 bridgehead atoms. The second kappa shape index (κ2) is 3.87. The minimum absolute atomic E-state index is 1.81. The van der Waals surface area contributed by atoms with Crippen molar-refractivity contribution in [2.24, 2.45) is 0 Å². The minimum Gasteiger partial charge on any atom is -0.212 e. The molecule has 0 saturated carbocycles. The molecule has 0 radical (unpaired) electrons. The molecular formula is C3Cl2F7NO. The number of hydrogen-bond donors (Lipinski definition) is 0. The van der Waals surface area contributed by atoms with Gasteiger partial charge < -0.3 is 0 Å². The van der Waals surface area contributed by atoms with Gasteiger partial charge in [0.25, 0.3) is 0 Å². The summed E-state index contributed by atoms with van der Waals surface area (Å²) in [5.41, 5.74) is 0. The third kappa shape index (κ3) is 3.64.